The molecule has 7 heteroatoms. The number of halogens is 1. The number of carbonyl (C=O) groups excluding carboxylic acids is 2. The van der Waals surface area contributed by atoms with Gasteiger partial charge in [-0.2, -0.15) is 0 Å². The lowest BCUT2D eigenvalue weighted by atomic mass is 10.2. The Balaban J connectivity index is 1.69. The summed E-state index contributed by atoms with van der Waals surface area (Å²) in [5, 5.41) is 0.531. The van der Waals surface area contributed by atoms with E-state index in [2.05, 4.69) is 4.98 Å². The fourth-order valence-electron chi connectivity index (χ4n) is 2.86. The van der Waals surface area contributed by atoms with Crippen LogP contribution in [0, 0.1) is 0 Å². The van der Waals surface area contributed by atoms with E-state index in [0.717, 1.165) is 0 Å². The Morgan fingerprint density at radius 3 is 2.81 bits per heavy atom. The first kappa shape index (κ1) is 18.2. The minimum absolute atomic E-state index is 0.0794. The number of benzene rings is 1. The van der Waals surface area contributed by atoms with E-state index in [1.165, 1.54) is 4.90 Å². The zero-order valence-corrected chi connectivity index (χ0v) is 15.4. The maximum atomic E-state index is 12.6. The molecule has 1 aliphatic heterocycles. The number of aromatic nitrogens is 1. The smallest absolute Gasteiger partial charge is 0.258 e. The third-order valence-electron chi connectivity index (χ3n) is 4.19. The van der Waals surface area contributed by atoms with E-state index in [-0.39, 0.29) is 17.9 Å². The lowest BCUT2D eigenvalue weighted by molar-refractivity contribution is 0.0763. The Bertz CT molecular complexity index is 825. The monoisotopic (exact) mass is 373 g/mol. The number of hydrogen-bond donors (Lipinski definition) is 0. The molecular formula is C19H20ClN3O3. The number of hydrogen-bond acceptors (Lipinski definition) is 4. The van der Waals surface area contributed by atoms with Crippen LogP contribution in [0.25, 0.3) is 0 Å². The van der Waals surface area contributed by atoms with Crippen LogP contribution in [0.4, 0.5) is 0 Å². The maximum absolute atomic E-state index is 12.6. The van der Waals surface area contributed by atoms with Gasteiger partial charge in [-0.1, -0.05) is 17.7 Å². The highest BCUT2D eigenvalue weighted by molar-refractivity contribution is 6.30. The fourth-order valence-corrected chi connectivity index (χ4v) is 3.05. The molecule has 2 aromatic rings. The van der Waals surface area contributed by atoms with E-state index >= 15 is 0 Å². The predicted octanol–water partition coefficient (Wildman–Crippen LogP) is 2.73. The zero-order chi connectivity index (χ0) is 18.7. The Labute approximate surface area is 157 Å². The van der Waals surface area contributed by atoms with Gasteiger partial charge in [-0.05, 0) is 30.3 Å². The molecule has 0 saturated carbocycles. The maximum Gasteiger partial charge on any atom is 0.258 e. The fraction of sp³-hybridized carbons (Fsp3) is 0.316. The van der Waals surface area contributed by atoms with Crippen molar-refractivity contribution in [3.8, 4) is 5.88 Å². The molecular weight excluding hydrogens is 354 g/mol. The van der Waals surface area contributed by atoms with Crippen LogP contribution in [0.1, 0.15) is 27.1 Å². The number of ether oxygens (including phenoxy) is 1. The molecule has 1 atom stereocenters. The minimum Gasteiger partial charge on any atom is -0.472 e. The van der Waals surface area contributed by atoms with Gasteiger partial charge >= 0.3 is 0 Å². The summed E-state index contributed by atoms with van der Waals surface area (Å²) >= 11 is 5.96. The Morgan fingerprint density at radius 2 is 2.08 bits per heavy atom. The molecule has 1 aromatic carbocycles. The third-order valence-corrected chi connectivity index (χ3v) is 4.42. The van der Waals surface area contributed by atoms with Crippen molar-refractivity contribution in [2.75, 3.05) is 27.2 Å². The van der Waals surface area contributed by atoms with Gasteiger partial charge in [0.2, 0.25) is 5.88 Å². The summed E-state index contributed by atoms with van der Waals surface area (Å²) < 4.78 is 5.94. The summed E-state index contributed by atoms with van der Waals surface area (Å²) in [6.07, 6.45) is 2.06. The highest BCUT2D eigenvalue weighted by atomic mass is 35.5. The molecule has 0 radical (unpaired) electrons. The predicted molar refractivity (Wildman–Crippen MR) is 98.6 cm³/mol. The Morgan fingerprint density at radius 1 is 1.27 bits per heavy atom. The van der Waals surface area contributed by atoms with Crippen molar-refractivity contribution in [3.63, 3.8) is 0 Å². The summed E-state index contributed by atoms with van der Waals surface area (Å²) in [5.74, 6) is 0.0513. The van der Waals surface area contributed by atoms with Gasteiger partial charge in [0.15, 0.2) is 0 Å². The summed E-state index contributed by atoms with van der Waals surface area (Å²) in [5.41, 5.74) is 0.969. The van der Waals surface area contributed by atoms with E-state index in [1.54, 1.807) is 61.6 Å². The van der Waals surface area contributed by atoms with Crippen molar-refractivity contribution in [1.82, 2.24) is 14.8 Å². The molecule has 0 bridgehead atoms. The van der Waals surface area contributed by atoms with E-state index in [1.807, 2.05) is 0 Å². The summed E-state index contributed by atoms with van der Waals surface area (Å²) in [4.78, 5) is 32.3. The molecule has 0 spiro atoms. The SMILES string of the molecule is CN(C)C(=O)c1cccnc1OC1CCN(C(=O)c2cccc(Cl)c2)C1. The van der Waals surface area contributed by atoms with Gasteiger partial charge in [0, 0.05) is 43.8 Å². The molecule has 1 unspecified atom stereocenters. The van der Waals surface area contributed by atoms with Crippen molar-refractivity contribution in [1.29, 1.82) is 0 Å². The van der Waals surface area contributed by atoms with Gasteiger partial charge in [0.25, 0.3) is 11.8 Å². The number of amides is 2. The highest BCUT2D eigenvalue weighted by Gasteiger charge is 2.29. The van der Waals surface area contributed by atoms with Gasteiger partial charge in [0.1, 0.15) is 11.7 Å². The molecule has 2 amide bonds. The van der Waals surface area contributed by atoms with Crippen molar-refractivity contribution >= 4 is 23.4 Å². The second-order valence-corrected chi connectivity index (χ2v) is 6.78. The van der Waals surface area contributed by atoms with E-state index in [9.17, 15) is 9.59 Å². The number of nitrogens with zero attached hydrogens (tertiary/aromatic N) is 3. The average Bonchev–Trinajstić information content (AvgIpc) is 3.09. The third kappa shape index (κ3) is 3.96. The standard InChI is InChI=1S/C19H20ClN3O3/c1-22(2)19(25)16-7-4-9-21-17(16)26-15-8-10-23(12-15)18(24)13-5-3-6-14(20)11-13/h3-7,9,11,15H,8,10,12H2,1-2H3. The summed E-state index contributed by atoms with van der Waals surface area (Å²) in [6, 6.07) is 10.3. The molecule has 1 aromatic heterocycles. The van der Waals surface area contributed by atoms with Gasteiger partial charge < -0.3 is 14.5 Å². The molecule has 6 nitrogen and oxygen atoms in total. The molecule has 1 fully saturated rings. The molecule has 0 N–H and O–H groups in total. The van der Waals surface area contributed by atoms with Crippen LogP contribution in [-0.2, 0) is 0 Å². The Kier molecular flexibility index (Phi) is 5.42. The minimum atomic E-state index is -0.207. The highest BCUT2D eigenvalue weighted by Crippen LogP contribution is 2.23. The van der Waals surface area contributed by atoms with E-state index in [0.29, 0.717) is 41.5 Å². The molecule has 2 heterocycles. The van der Waals surface area contributed by atoms with Gasteiger partial charge in [-0.3, -0.25) is 9.59 Å². The second kappa shape index (κ2) is 7.74. The first-order valence-corrected chi connectivity index (χ1v) is 8.71. The second-order valence-electron chi connectivity index (χ2n) is 6.35. The molecule has 3 rings (SSSR count). The Hall–Kier alpha value is -2.60. The molecule has 1 saturated heterocycles. The van der Waals surface area contributed by atoms with Crippen molar-refractivity contribution in [2.45, 2.75) is 12.5 Å². The molecule has 0 aliphatic carbocycles. The van der Waals surface area contributed by atoms with Crippen molar-refractivity contribution in [3.05, 3.63) is 58.7 Å². The van der Waals surface area contributed by atoms with Crippen molar-refractivity contribution in [2.24, 2.45) is 0 Å². The van der Waals surface area contributed by atoms with Crippen LogP contribution in [0.15, 0.2) is 42.6 Å². The van der Waals surface area contributed by atoms with Crippen LogP contribution in [0.5, 0.6) is 5.88 Å². The van der Waals surface area contributed by atoms with Gasteiger partial charge in [-0.25, -0.2) is 4.98 Å². The van der Waals surface area contributed by atoms with Crippen LogP contribution < -0.4 is 4.74 Å². The largest absolute Gasteiger partial charge is 0.472 e. The quantitative estimate of drug-likeness (QED) is 0.826. The van der Waals surface area contributed by atoms with Crippen LogP contribution >= 0.6 is 11.6 Å². The van der Waals surface area contributed by atoms with Crippen LogP contribution in [0.3, 0.4) is 0 Å². The van der Waals surface area contributed by atoms with Crippen LogP contribution in [-0.4, -0.2) is 59.9 Å². The molecule has 136 valence electrons. The van der Waals surface area contributed by atoms with E-state index < -0.39 is 0 Å². The van der Waals surface area contributed by atoms with Crippen molar-refractivity contribution < 1.29 is 14.3 Å². The van der Waals surface area contributed by atoms with Gasteiger partial charge in [0.05, 0.1) is 6.54 Å². The average molecular weight is 374 g/mol. The zero-order valence-electron chi connectivity index (χ0n) is 14.7. The summed E-state index contributed by atoms with van der Waals surface area (Å²) in [6.45, 7) is 1.03. The first-order chi connectivity index (χ1) is 12.5. The normalized spacial score (nSPS) is 16.4. The summed E-state index contributed by atoms with van der Waals surface area (Å²) in [7, 11) is 3.36. The number of pyridine rings is 1. The number of carbonyl (C=O) groups is 2. The van der Waals surface area contributed by atoms with Gasteiger partial charge in [-0.15, -0.1) is 0 Å². The van der Waals surface area contributed by atoms with E-state index in [4.69, 9.17) is 16.3 Å². The number of rotatable bonds is 4. The lowest BCUT2D eigenvalue weighted by Crippen LogP contribution is -2.31. The molecule has 1 aliphatic rings. The van der Waals surface area contributed by atoms with Crippen LogP contribution in [0.2, 0.25) is 5.02 Å². The topological polar surface area (TPSA) is 62.7 Å². The number of likely N-dealkylation sites (tertiary alicyclic amines) is 1. The first-order valence-electron chi connectivity index (χ1n) is 8.34. The molecule has 26 heavy (non-hydrogen) atoms. The lowest BCUT2D eigenvalue weighted by Gasteiger charge is -2.19.